The van der Waals surface area contributed by atoms with Crippen LogP contribution in [0.15, 0.2) is 40.4 Å². The average molecular weight is 298 g/mol. The molecular formula is C11H12BrN3S. The van der Waals surface area contributed by atoms with Crippen LogP contribution < -0.4 is 11.3 Å². The lowest BCUT2D eigenvalue weighted by Gasteiger charge is -2.13. The number of benzene rings is 1. The van der Waals surface area contributed by atoms with Gasteiger partial charge in [0.25, 0.3) is 0 Å². The van der Waals surface area contributed by atoms with Crippen LogP contribution in [0.2, 0.25) is 0 Å². The van der Waals surface area contributed by atoms with Crippen LogP contribution in [-0.2, 0) is 6.42 Å². The molecule has 1 aromatic carbocycles. The summed E-state index contributed by atoms with van der Waals surface area (Å²) in [5.74, 6) is 5.57. The van der Waals surface area contributed by atoms with E-state index in [4.69, 9.17) is 5.84 Å². The summed E-state index contributed by atoms with van der Waals surface area (Å²) in [6.07, 6.45) is 2.71. The van der Waals surface area contributed by atoms with Crippen molar-refractivity contribution in [1.82, 2.24) is 10.4 Å². The number of rotatable bonds is 4. The zero-order chi connectivity index (χ0) is 11.4. The predicted octanol–water partition coefficient (Wildman–Crippen LogP) is 2.65. The summed E-state index contributed by atoms with van der Waals surface area (Å²) in [5, 5.41) is 0. The zero-order valence-electron chi connectivity index (χ0n) is 8.56. The average Bonchev–Trinajstić information content (AvgIpc) is 2.79. The van der Waals surface area contributed by atoms with Gasteiger partial charge in [-0.25, -0.2) is 0 Å². The summed E-state index contributed by atoms with van der Waals surface area (Å²) in [6.45, 7) is 0. The molecule has 1 unspecified atom stereocenters. The largest absolute Gasteiger partial charge is 0.271 e. The molecule has 3 nitrogen and oxygen atoms in total. The minimum Gasteiger partial charge on any atom is -0.271 e. The highest BCUT2D eigenvalue weighted by Gasteiger charge is 2.11. The lowest BCUT2D eigenvalue weighted by molar-refractivity contribution is 0.559. The Bertz CT molecular complexity index is 444. The monoisotopic (exact) mass is 297 g/mol. The molecule has 0 spiro atoms. The van der Waals surface area contributed by atoms with Crippen LogP contribution in [0.1, 0.15) is 16.5 Å². The first-order valence-corrected chi connectivity index (χ1v) is 6.56. The number of hydrazine groups is 1. The lowest BCUT2D eigenvalue weighted by Crippen LogP contribution is -2.28. The van der Waals surface area contributed by atoms with Crippen LogP contribution >= 0.6 is 27.3 Å². The van der Waals surface area contributed by atoms with E-state index < -0.39 is 0 Å². The molecule has 2 rings (SSSR count). The summed E-state index contributed by atoms with van der Waals surface area (Å²) in [7, 11) is 0. The fourth-order valence-electron chi connectivity index (χ4n) is 1.54. The molecule has 1 atom stereocenters. The maximum Gasteiger partial charge on any atom is 0.0794 e. The Morgan fingerprint density at radius 3 is 3.00 bits per heavy atom. The van der Waals surface area contributed by atoms with Gasteiger partial charge in [0.05, 0.1) is 11.6 Å². The fourth-order valence-corrected chi connectivity index (χ4v) is 2.67. The van der Waals surface area contributed by atoms with Crippen molar-refractivity contribution in [2.45, 2.75) is 12.5 Å². The predicted molar refractivity (Wildman–Crippen MR) is 70.0 cm³/mol. The van der Waals surface area contributed by atoms with E-state index >= 15 is 0 Å². The summed E-state index contributed by atoms with van der Waals surface area (Å²) < 4.78 is 1.09. The molecule has 84 valence electrons. The smallest absolute Gasteiger partial charge is 0.0794 e. The first-order chi connectivity index (χ1) is 7.79. The van der Waals surface area contributed by atoms with Gasteiger partial charge in [0, 0.05) is 15.5 Å². The Balaban J connectivity index is 2.13. The standard InChI is InChI=1S/C11H12BrN3S/c12-9-3-1-2-8(4-9)5-10(15-13)11-6-14-7-16-11/h1-4,6-7,10,15H,5,13H2. The Hall–Kier alpha value is -0.750. The van der Waals surface area contributed by atoms with Gasteiger partial charge < -0.3 is 0 Å². The van der Waals surface area contributed by atoms with E-state index in [2.05, 4.69) is 38.5 Å². The van der Waals surface area contributed by atoms with E-state index in [9.17, 15) is 0 Å². The van der Waals surface area contributed by atoms with Gasteiger partial charge in [-0.1, -0.05) is 28.1 Å². The molecule has 2 aromatic rings. The highest BCUT2D eigenvalue weighted by atomic mass is 79.9. The molecule has 0 fully saturated rings. The highest BCUT2D eigenvalue weighted by molar-refractivity contribution is 9.10. The van der Waals surface area contributed by atoms with E-state index in [1.165, 1.54) is 5.56 Å². The molecule has 5 heteroatoms. The second-order valence-corrected chi connectivity index (χ2v) is 5.29. The molecule has 0 bridgehead atoms. The minimum atomic E-state index is 0.127. The van der Waals surface area contributed by atoms with Crippen molar-refractivity contribution in [3.05, 3.63) is 50.9 Å². The van der Waals surface area contributed by atoms with Gasteiger partial charge in [-0.2, -0.15) is 0 Å². The third-order valence-electron chi connectivity index (χ3n) is 2.32. The number of aromatic nitrogens is 1. The number of hydrogen-bond donors (Lipinski definition) is 2. The van der Waals surface area contributed by atoms with Crippen LogP contribution in [-0.4, -0.2) is 4.98 Å². The quantitative estimate of drug-likeness (QED) is 0.674. The van der Waals surface area contributed by atoms with Crippen molar-refractivity contribution in [1.29, 1.82) is 0 Å². The van der Waals surface area contributed by atoms with Crippen LogP contribution in [0.3, 0.4) is 0 Å². The molecule has 3 N–H and O–H groups in total. The lowest BCUT2D eigenvalue weighted by atomic mass is 10.1. The Morgan fingerprint density at radius 1 is 1.50 bits per heavy atom. The summed E-state index contributed by atoms with van der Waals surface area (Å²) >= 11 is 5.08. The molecule has 1 aromatic heterocycles. The minimum absolute atomic E-state index is 0.127. The van der Waals surface area contributed by atoms with Crippen molar-refractivity contribution < 1.29 is 0 Å². The molecule has 0 radical (unpaired) electrons. The van der Waals surface area contributed by atoms with Crippen molar-refractivity contribution in [3.63, 3.8) is 0 Å². The number of nitrogens with two attached hydrogens (primary N) is 1. The Morgan fingerprint density at radius 2 is 2.38 bits per heavy atom. The molecule has 0 amide bonds. The summed E-state index contributed by atoms with van der Waals surface area (Å²) in [4.78, 5) is 5.22. The maximum atomic E-state index is 5.57. The number of hydrogen-bond acceptors (Lipinski definition) is 4. The Labute approximate surface area is 107 Å². The SMILES string of the molecule is NNC(Cc1cccc(Br)c1)c1cncs1. The van der Waals surface area contributed by atoms with Crippen LogP contribution in [0.25, 0.3) is 0 Å². The van der Waals surface area contributed by atoms with Gasteiger partial charge in [-0.05, 0) is 24.1 Å². The molecule has 0 aliphatic carbocycles. The number of nitrogens with one attached hydrogen (secondary N) is 1. The topological polar surface area (TPSA) is 50.9 Å². The number of halogens is 1. The van der Waals surface area contributed by atoms with E-state index in [-0.39, 0.29) is 6.04 Å². The van der Waals surface area contributed by atoms with Crippen molar-refractivity contribution in [2.75, 3.05) is 0 Å². The Kier molecular flexibility index (Phi) is 4.06. The normalized spacial score (nSPS) is 12.6. The van der Waals surface area contributed by atoms with Gasteiger partial charge >= 0.3 is 0 Å². The van der Waals surface area contributed by atoms with Gasteiger partial charge in [0.2, 0.25) is 0 Å². The van der Waals surface area contributed by atoms with E-state index in [0.29, 0.717) is 0 Å². The van der Waals surface area contributed by atoms with E-state index in [0.717, 1.165) is 15.8 Å². The van der Waals surface area contributed by atoms with Gasteiger partial charge in [0.15, 0.2) is 0 Å². The summed E-state index contributed by atoms with van der Waals surface area (Å²) in [6, 6.07) is 8.37. The van der Waals surface area contributed by atoms with Crippen molar-refractivity contribution in [2.24, 2.45) is 5.84 Å². The summed E-state index contributed by atoms with van der Waals surface area (Å²) in [5.41, 5.74) is 5.89. The van der Waals surface area contributed by atoms with Gasteiger partial charge in [-0.15, -0.1) is 11.3 Å². The molecule has 0 saturated heterocycles. The molecule has 0 aliphatic rings. The number of nitrogens with zero attached hydrogens (tertiary/aromatic N) is 1. The van der Waals surface area contributed by atoms with Crippen LogP contribution in [0.4, 0.5) is 0 Å². The third kappa shape index (κ3) is 2.89. The second kappa shape index (κ2) is 5.54. The van der Waals surface area contributed by atoms with Gasteiger partial charge in [-0.3, -0.25) is 16.3 Å². The second-order valence-electron chi connectivity index (χ2n) is 3.46. The first kappa shape index (κ1) is 11.7. The fraction of sp³-hybridized carbons (Fsp3) is 0.182. The highest BCUT2D eigenvalue weighted by Crippen LogP contribution is 2.22. The molecule has 0 aliphatic heterocycles. The van der Waals surface area contributed by atoms with Crippen molar-refractivity contribution in [3.8, 4) is 0 Å². The maximum absolute atomic E-state index is 5.57. The van der Waals surface area contributed by atoms with Crippen LogP contribution in [0, 0.1) is 0 Å². The molecule has 1 heterocycles. The number of thiazole rings is 1. The zero-order valence-corrected chi connectivity index (χ0v) is 11.0. The van der Waals surface area contributed by atoms with Crippen molar-refractivity contribution >= 4 is 27.3 Å². The molecule has 16 heavy (non-hydrogen) atoms. The van der Waals surface area contributed by atoms with E-state index in [1.807, 2.05) is 23.8 Å². The molecule has 0 saturated carbocycles. The van der Waals surface area contributed by atoms with Gasteiger partial charge in [0.1, 0.15) is 0 Å². The molecular weight excluding hydrogens is 286 g/mol. The van der Waals surface area contributed by atoms with E-state index in [1.54, 1.807) is 11.3 Å². The third-order valence-corrected chi connectivity index (χ3v) is 3.71. The van der Waals surface area contributed by atoms with Crippen LogP contribution in [0.5, 0.6) is 0 Å². The first-order valence-electron chi connectivity index (χ1n) is 4.88.